The van der Waals surface area contributed by atoms with Crippen LogP contribution < -0.4 is 15.4 Å². The highest BCUT2D eigenvalue weighted by atomic mass is 79.9. The Morgan fingerprint density at radius 2 is 2.14 bits per heavy atom. The number of benzene rings is 2. The van der Waals surface area contributed by atoms with Crippen LogP contribution in [0.5, 0.6) is 5.75 Å². The van der Waals surface area contributed by atoms with Crippen LogP contribution in [-0.4, -0.2) is 18.6 Å². The van der Waals surface area contributed by atoms with Gasteiger partial charge >= 0.3 is 0 Å². The summed E-state index contributed by atoms with van der Waals surface area (Å²) in [5, 5.41) is 6.56. The number of para-hydroxylation sites is 2. The Labute approximate surface area is 135 Å². The maximum absolute atomic E-state index is 12.3. The van der Waals surface area contributed by atoms with E-state index in [1.807, 2.05) is 24.3 Å². The molecule has 1 atom stereocenters. The summed E-state index contributed by atoms with van der Waals surface area (Å²) in [6.45, 7) is 0.418. The quantitative estimate of drug-likeness (QED) is 0.846. The first-order valence-corrected chi connectivity index (χ1v) is 7.56. The second kappa shape index (κ2) is 5.95. The van der Waals surface area contributed by atoms with Gasteiger partial charge < -0.3 is 15.4 Å². The van der Waals surface area contributed by atoms with Crippen LogP contribution >= 0.6 is 27.5 Å². The SMILES string of the molecule is O=C(Nc1cc(Cl)ccc1Br)C1CNc2ccccc2O1. The fourth-order valence-electron chi connectivity index (χ4n) is 2.07. The van der Waals surface area contributed by atoms with Crippen molar-refractivity contribution >= 4 is 44.8 Å². The van der Waals surface area contributed by atoms with Crippen molar-refractivity contribution < 1.29 is 9.53 Å². The number of hydrogen-bond donors (Lipinski definition) is 2. The van der Waals surface area contributed by atoms with Gasteiger partial charge in [-0.25, -0.2) is 0 Å². The molecule has 1 unspecified atom stereocenters. The van der Waals surface area contributed by atoms with Gasteiger partial charge in [0, 0.05) is 9.50 Å². The fraction of sp³-hybridized carbons (Fsp3) is 0.133. The first kappa shape index (κ1) is 14.2. The molecule has 0 saturated carbocycles. The van der Waals surface area contributed by atoms with E-state index in [2.05, 4.69) is 26.6 Å². The molecule has 0 radical (unpaired) electrons. The van der Waals surface area contributed by atoms with E-state index in [0.717, 1.165) is 10.2 Å². The minimum absolute atomic E-state index is 0.222. The molecular formula is C15H12BrClN2O2. The molecule has 4 nitrogen and oxygen atoms in total. The molecule has 0 saturated heterocycles. The van der Waals surface area contributed by atoms with E-state index in [1.165, 1.54) is 0 Å². The third-order valence-electron chi connectivity index (χ3n) is 3.11. The summed E-state index contributed by atoms with van der Waals surface area (Å²) in [4.78, 5) is 12.3. The molecule has 1 amide bonds. The highest BCUT2D eigenvalue weighted by molar-refractivity contribution is 9.10. The molecule has 6 heteroatoms. The zero-order valence-electron chi connectivity index (χ0n) is 10.9. The Balaban J connectivity index is 1.74. The smallest absolute Gasteiger partial charge is 0.267 e. The van der Waals surface area contributed by atoms with Crippen molar-refractivity contribution in [1.82, 2.24) is 0 Å². The Kier molecular flexibility index (Phi) is 4.03. The lowest BCUT2D eigenvalue weighted by atomic mass is 10.2. The number of hydrogen-bond acceptors (Lipinski definition) is 3. The van der Waals surface area contributed by atoms with Crippen molar-refractivity contribution in [2.45, 2.75) is 6.10 Å². The monoisotopic (exact) mass is 366 g/mol. The zero-order chi connectivity index (χ0) is 14.8. The average molecular weight is 368 g/mol. The molecule has 0 aliphatic carbocycles. The van der Waals surface area contributed by atoms with Gasteiger partial charge in [0.1, 0.15) is 5.75 Å². The molecule has 0 aromatic heterocycles. The number of halogens is 2. The molecular weight excluding hydrogens is 356 g/mol. The predicted molar refractivity (Wildman–Crippen MR) is 87.1 cm³/mol. The molecule has 2 N–H and O–H groups in total. The van der Waals surface area contributed by atoms with Crippen molar-refractivity contribution in [2.24, 2.45) is 0 Å². The summed E-state index contributed by atoms with van der Waals surface area (Å²) in [6.07, 6.45) is -0.592. The van der Waals surface area contributed by atoms with Gasteiger partial charge in [-0.2, -0.15) is 0 Å². The zero-order valence-corrected chi connectivity index (χ0v) is 13.2. The van der Waals surface area contributed by atoms with Crippen LogP contribution in [0.25, 0.3) is 0 Å². The lowest BCUT2D eigenvalue weighted by Gasteiger charge is -2.26. The second-order valence-electron chi connectivity index (χ2n) is 4.60. The molecule has 1 heterocycles. The summed E-state index contributed by atoms with van der Waals surface area (Å²) in [6, 6.07) is 12.7. The topological polar surface area (TPSA) is 50.4 Å². The lowest BCUT2D eigenvalue weighted by Crippen LogP contribution is -2.41. The Bertz CT molecular complexity index is 693. The lowest BCUT2D eigenvalue weighted by molar-refractivity contribution is -0.122. The molecule has 21 heavy (non-hydrogen) atoms. The number of amides is 1. The number of fused-ring (bicyclic) bond motifs is 1. The van der Waals surface area contributed by atoms with Crippen LogP contribution in [0.1, 0.15) is 0 Å². The van der Waals surface area contributed by atoms with E-state index in [9.17, 15) is 4.79 Å². The summed E-state index contributed by atoms with van der Waals surface area (Å²) < 4.78 is 6.48. The maximum atomic E-state index is 12.3. The van der Waals surface area contributed by atoms with Gasteiger partial charge in [-0.05, 0) is 46.3 Å². The van der Waals surface area contributed by atoms with E-state index in [4.69, 9.17) is 16.3 Å². The summed E-state index contributed by atoms with van der Waals surface area (Å²) >= 11 is 9.32. The molecule has 0 bridgehead atoms. The van der Waals surface area contributed by atoms with Crippen molar-refractivity contribution in [2.75, 3.05) is 17.2 Å². The van der Waals surface area contributed by atoms with Gasteiger partial charge in [-0.3, -0.25) is 4.79 Å². The third-order valence-corrected chi connectivity index (χ3v) is 4.04. The van der Waals surface area contributed by atoms with Crippen molar-refractivity contribution in [3.63, 3.8) is 0 Å². The van der Waals surface area contributed by atoms with E-state index in [-0.39, 0.29) is 5.91 Å². The van der Waals surface area contributed by atoms with Crippen molar-refractivity contribution in [3.05, 3.63) is 52.0 Å². The first-order valence-electron chi connectivity index (χ1n) is 6.39. The number of anilines is 2. The van der Waals surface area contributed by atoms with Gasteiger partial charge in [-0.15, -0.1) is 0 Å². The maximum Gasteiger partial charge on any atom is 0.267 e. The first-order chi connectivity index (χ1) is 10.1. The number of ether oxygens (including phenoxy) is 1. The van der Waals surface area contributed by atoms with Crippen LogP contribution in [-0.2, 0) is 4.79 Å². The van der Waals surface area contributed by atoms with Gasteiger partial charge in [0.15, 0.2) is 6.10 Å². The molecule has 3 rings (SSSR count). The second-order valence-corrected chi connectivity index (χ2v) is 5.89. The standard InChI is InChI=1S/C15H12BrClN2O2/c16-10-6-5-9(17)7-12(10)19-15(20)14-8-18-11-3-1-2-4-13(11)21-14/h1-7,14,18H,8H2,(H,19,20). The third kappa shape index (κ3) is 3.14. The Morgan fingerprint density at radius 3 is 3.00 bits per heavy atom. The van der Waals surface area contributed by atoms with Gasteiger partial charge in [-0.1, -0.05) is 23.7 Å². The van der Waals surface area contributed by atoms with E-state index in [0.29, 0.717) is 23.0 Å². The molecule has 1 aliphatic heterocycles. The summed E-state index contributed by atoms with van der Waals surface area (Å²) in [5.74, 6) is 0.453. The van der Waals surface area contributed by atoms with Crippen LogP contribution in [0.3, 0.4) is 0 Å². The molecule has 2 aromatic carbocycles. The predicted octanol–water partition coefficient (Wildman–Crippen LogP) is 3.91. The van der Waals surface area contributed by atoms with Crippen LogP contribution in [0.2, 0.25) is 5.02 Å². The van der Waals surface area contributed by atoms with E-state index in [1.54, 1.807) is 18.2 Å². The van der Waals surface area contributed by atoms with E-state index < -0.39 is 6.10 Å². The number of carbonyl (C=O) groups is 1. The molecule has 1 aliphatic rings. The van der Waals surface area contributed by atoms with Crippen LogP contribution in [0.15, 0.2) is 46.9 Å². The highest BCUT2D eigenvalue weighted by Crippen LogP contribution is 2.30. The summed E-state index contributed by atoms with van der Waals surface area (Å²) in [7, 11) is 0. The fourth-order valence-corrected chi connectivity index (χ4v) is 2.58. The molecule has 0 fully saturated rings. The van der Waals surface area contributed by atoms with Crippen molar-refractivity contribution in [1.29, 1.82) is 0 Å². The van der Waals surface area contributed by atoms with Crippen molar-refractivity contribution in [3.8, 4) is 5.75 Å². The van der Waals surface area contributed by atoms with Gasteiger partial charge in [0.05, 0.1) is 17.9 Å². The van der Waals surface area contributed by atoms with Crippen LogP contribution in [0.4, 0.5) is 11.4 Å². The largest absolute Gasteiger partial charge is 0.477 e. The molecule has 108 valence electrons. The van der Waals surface area contributed by atoms with Gasteiger partial charge in [0.25, 0.3) is 5.91 Å². The highest BCUT2D eigenvalue weighted by Gasteiger charge is 2.26. The minimum atomic E-state index is -0.592. The minimum Gasteiger partial charge on any atom is -0.477 e. The molecule has 2 aromatic rings. The Morgan fingerprint density at radius 1 is 1.33 bits per heavy atom. The normalized spacial score (nSPS) is 16.4. The average Bonchev–Trinajstić information content (AvgIpc) is 2.50. The van der Waals surface area contributed by atoms with E-state index >= 15 is 0 Å². The van der Waals surface area contributed by atoms with Gasteiger partial charge in [0.2, 0.25) is 0 Å². The number of rotatable bonds is 2. The number of nitrogens with one attached hydrogen (secondary N) is 2. The van der Waals surface area contributed by atoms with Crippen LogP contribution in [0, 0.1) is 0 Å². The Hall–Kier alpha value is -1.72. The number of carbonyl (C=O) groups excluding carboxylic acids is 1. The summed E-state index contributed by atoms with van der Waals surface area (Å²) in [5.41, 5.74) is 1.51. The molecule has 0 spiro atoms.